The molecule has 19 heavy (non-hydrogen) atoms. The second-order valence-corrected chi connectivity index (χ2v) is 4.58. The van der Waals surface area contributed by atoms with Crippen LogP contribution in [0.15, 0.2) is 10.7 Å². The maximum atomic E-state index is 12.2. The number of aryl methyl sites for hydroxylation is 3. The molecule has 0 aliphatic carbocycles. The number of H-pyrrole nitrogens is 1. The van der Waals surface area contributed by atoms with E-state index in [0.29, 0.717) is 17.0 Å². The fourth-order valence-electron chi connectivity index (χ4n) is 2.01. The van der Waals surface area contributed by atoms with Crippen molar-refractivity contribution in [1.29, 1.82) is 0 Å². The molecule has 6 nitrogen and oxygen atoms in total. The van der Waals surface area contributed by atoms with Crippen molar-refractivity contribution < 1.29 is 9.32 Å². The first-order valence-corrected chi connectivity index (χ1v) is 6.28. The molecule has 0 saturated heterocycles. The molecule has 6 heteroatoms. The SMILES string of the molecule is CCC(NC(=O)c1c(C)noc1C)c1ncc(C)[nH]1. The molecule has 0 bridgehead atoms. The number of hydrogen-bond donors (Lipinski definition) is 2. The molecule has 1 unspecified atom stereocenters. The highest BCUT2D eigenvalue weighted by molar-refractivity contribution is 5.96. The largest absolute Gasteiger partial charge is 0.361 e. The molecule has 0 aromatic carbocycles. The molecule has 2 N–H and O–H groups in total. The fourth-order valence-corrected chi connectivity index (χ4v) is 2.01. The second kappa shape index (κ2) is 5.26. The first kappa shape index (κ1) is 13.3. The van der Waals surface area contributed by atoms with Gasteiger partial charge in [-0.25, -0.2) is 4.98 Å². The summed E-state index contributed by atoms with van der Waals surface area (Å²) in [6.45, 7) is 7.41. The number of nitrogens with one attached hydrogen (secondary N) is 2. The van der Waals surface area contributed by atoms with E-state index in [4.69, 9.17) is 4.52 Å². The van der Waals surface area contributed by atoms with Gasteiger partial charge >= 0.3 is 0 Å². The highest BCUT2D eigenvalue weighted by atomic mass is 16.5. The Morgan fingerprint density at radius 1 is 1.47 bits per heavy atom. The van der Waals surface area contributed by atoms with Gasteiger partial charge < -0.3 is 14.8 Å². The summed E-state index contributed by atoms with van der Waals surface area (Å²) in [6, 6.07) is -0.144. The summed E-state index contributed by atoms with van der Waals surface area (Å²) < 4.78 is 5.01. The van der Waals surface area contributed by atoms with Crippen LogP contribution in [0.3, 0.4) is 0 Å². The first-order chi connectivity index (χ1) is 9.02. The Morgan fingerprint density at radius 2 is 2.21 bits per heavy atom. The predicted molar refractivity (Wildman–Crippen MR) is 69.8 cm³/mol. The number of hydrogen-bond acceptors (Lipinski definition) is 4. The second-order valence-electron chi connectivity index (χ2n) is 4.58. The van der Waals surface area contributed by atoms with Crippen molar-refractivity contribution in [2.45, 2.75) is 40.2 Å². The van der Waals surface area contributed by atoms with Gasteiger partial charge in [0.2, 0.25) is 0 Å². The Bertz CT molecular complexity index is 566. The minimum Gasteiger partial charge on any atom is -0.361 e. The van der Waals surface area contributed by atoms with E-state index in [2.05, 4.69) is 20.4 Å². The van der Waals surface area contributed by atoms with Crippen molar-refractivity contribution in [3.8, 4) is 0 Å². The van der Waals surface area contributed by atoms with Crippen molar-refractivity contribution in [3.63, 3.8) is 0 Å². The van der Waals surface area contributed by atoms with Gasteiger partial charge in [0.1, 0.15) is 17.1 Å². The van der Waals surface area contributed by atoms with Gasteiger partial charge in [-0.3, -0.25) is 4.79 Å². The summed E-state index contributed by atoms with van der Waals surface area (Å²) in [5.74, 6) is 1.11. The third kappa shape index (κ3) is 2.67. The van der Waals surface area contributed by atoms with Crippen LogP contribution in [0.1, 0.15) is 52.7 Å². The number of aromatic nitrogens is 3. The summed E-state index contributed by atoms with van der Waals surface area (Å²) >= 11 is 0. The molecule has 2 aromatic rings. The van der Waals surface area contributed by atoms with Gasteiger partial charge in [0, 0.05) is 11.9 Å². The predicted octanol–water partition coefficient (Wildman–Crippen LogP) is 2.20. The Kier molecular flexibility index (Phi) is 3.69. The summed E-state index contributed by atoms with van der Waals surface area (Å²) in [5.41, 5.74) is 2.07. The van der Waals surface area contributed by atoms with Gasteiger partial charge in [-0.1, -0.05) is 12.1 Å². The van der Waals surface area contributed by atoms with Crippen molar-refractivity contribution in [2.75, 3.05) is 0 Å². The van der Waals surface area contributed by atoms with E-state index >= 15 is 0 Å². The van der Waals surface area contributed by atoms with Gasteiger partial charge in [0.15, 0.2) is 0 Å². The normalized spacial score (nSPS) is 12.4. The Morgan fingerprint density at radius 3 is 2.68 bits per heavy atom. The number of carbonyl (C=O) groups is 1. The van der Waals surface area contributed by atoms with Crippen LogP contribution in [-0.4, -0.2) is 21.0 Å². The van der Waals surface area contributed by atoms with Crippen LogP contribution >= 0.6 is 0 Å². The summed E-state index contributed by atoms with van der Waals surface area (Å²) in [4.78, 5) is 19.6. The Balaban J connectivity index is 2.17. The van der Waals surface area contributed by atoms with Crippen LogP contribution in [0.2, 0.25) is 0 Å². The van der Waals surface area contributed by atoms with Gasteiger partial charge in [0.25, 0.3) is 5.91 Å². The standard InChI is InChI=1S/C13H18N4O2/c1-5-10(12-14-6-7(2)15-12)16-13(18)11-8(3)17-19-9(11)4/h6,10H,5H2,1-4H3,(H,14,15)(H,16,18). The van der Waals surface area contributed by atoms with E-state index in [1.165, 1.54) is 0 Å². The van der Waals surface area contributed by atoms with Gasteiger partial charge in [-0.15, -0.1) is 0 Å². The third-order valence-corrected chi connectivity index (χ3v) is 3.03. The zero-order chi connectivity index (χ0) is 14.0. The van der Waals surface area contributed by atoms with Gasteiger partial charge in [0.05, 0.1) is 11.7 Å². The van der Waals surface area contributed by atoms with Gasteiger partial charge in [-0.2, -0.15) is 0 Å². The molecule has 2 rings (SSSR count). The molecular formula is C13H18N4O2. The number of carbonyl (C=O) groups excluding carboxylic acids is 1. The molecule has 0 aliphatic heterocycles. The molecule has 2 aromatic heterocycles. The lowest BCUT2D eigenvalue weighted by Crippen LogP contribution is -2.29. The molecule has 0 spiro atoms. The minimum absolute atomic E-state index is 0.144. The lowest BCUT2D eigenvalue weighted by Gasteiger charge is -2.14. The van der Waals surface area contributed by atoms with E-state index in [9.17, 15) is 4.79 Å². The Hall–Kier alpha value is -2.11. The van der Waals surface area contributed by atoms with E-state index < -0.39 is 0 Å². The maximum Gasteiger partial charge on any atom is 0.257 e. The quantitative estimate of drug-likeness (QED) is 0.884. The van der Waals surface area contributed by atoms with Crippen LogP contribution in [-0.2, 0) is 0 Å². The minimum atomic E-state index is -0.183. The highest BCUT2D eigenvalue weighted by Gasteiger charge is 2.21. The van der Waals surface area contributed by atoms with E-state index in [-0.39, 0.29) is 11.9 Å². The molecule has 2 heterocycles. The Labute approximate surface area is 111 Å². The van der Waals surface area contributed by atoms with Crippen molar-refractivity contribution >= 4 is 5.91 Å². The molecule has 102 valence electrons. The van der Waals surface area contributed by atoms with E-state index in [1.54, 1.807) is 20.0 Å². The molecule has 0 saturated carbocycles. The smallest absolute Gasteiger partial charge is 0.257 e. The van der Waals surface area contributed by atoms with Crippen molar-refractivity contribution in [3.05, 3.63) is 34.7 Å². The summed E-state index contributed by atoms with van der Waals surface area (Å²) in [7, 11) is 0. The highest BCUT2D eigenvalue weighted by Crippen LogP contribution is 2.17. The summed E-state index contributed by atoms with van der Waals surface area (Å²) in [6.07, 6.45) is 2.50. The third-order valence-electron chi connectivity index (χ3n) is 3.03. The van der Waals surface area contributed by atoms with Crippen LogP contribution in [0.4, 0.5) is 0 Å². The average Bonchev–Trinajstić information content (AvgIpc) is 2.93. The monoisotopic (exact) mass is 262 g/mol. The average molecular weight is 262 g/mol. The fraction of sp³-hybridized carbons (Fsp3) is 0.462. The number of nitrogens with zero attached hydrogens (tertiary/aromatic N) is 2. The van der Waals surface area contributed by atoms with Crippen LogP contribution in [0, 0.1) is 20.8 Å². The zero-order valence-corrected chi connectivity index (χ0v) is 11.6. The lowest BCUT2D eigenvalue weighted by molar-refractivity contribution is 0.0932. The lowest BCUT2D eigenvalue weighted by atomic mass is 10.1. The van der Waals surface area contributed by atoms with Crippen LogP contribution in [0.25, 0.3) is 0 Å². The molecular weight excluding hydrogens is 244 g/mol. The zero-order valence-electron chi connectivity index (χ0n) is 11.6. The number of rotatable bonds is 4. The summed E-state index contributed by atoms with van der Waals surface area (Å²) in [5, 5.41) is 6.74. The van der Waals surface area contributed by atoms with Crippen LogP contribution < -0.4 is 5.32 Å². The molecule has 0 radical (unpaired) electrons. The number of aromatic amines is 1. The first-order valence-electron chi connectivity index (χ1n) is 6.28. The molecule has 0 fully saturated rings. The van der Waals surface area contributed by atoms with Gasteiger partial charge in [-0.05, 0) is 27.2 Å². The van der Waals surface area contributed by atoms with Crippen LogP contribution in [0.5, 0.6) is 0 Å². The molecule has 1 atom stereocenters. The van der Waals surface area contributed by atoms with E-state index in [0.717, 1.165) is 17.9 Å². The van der Waals surface area contributed by atoms with E-state index in [1.807, 2.05) is 13.8 Å². The maximum absolute atomic E-state index is 12.2. The van der Waals surface area contributed by atoms with Crippen molar-refractivity contribution in [1.82, 2.24) is 20.4 Å². The molecule has 1 amide bonds. The molecule has 0 aliphatic rings. The number of imidazole rings is 1. The van der Waals surface area contributed by atoms with Crippen molar-refractivity contribution in [2.24, 2.45) is 0 Å². The number of amides is 1. The topological polar surface area (TPSA) is 83.8 Å².